The molecule has 2 aromatic rings. The molecule has 134 valence electrons. The Morgan fingerprint density at radius 1 is 1.24 bits per heavy atom. The van der Waals surface area contributed by atoms with Crippen LogP contribution in [0.3, 0.4) is 0 Å². The number of aliphatic carboxylic acids is 1. The van der Waals surface area contributed by atoms with Gasteiger partial charge in [0.25, 0.3) is 5.91 Å². The first kappa shape index (κ1) is 18.4. The molecule has 1 heterocycles. The van der Waals surface area contributed by atoms with Crippen molar-refractivity contribution in [2.45, 2.75) is 32.1 Å². The number of nitrogens with one attached hydrogen (secondary N) is 1. The number of carboxylic acids is 1. The topological polar surface area (TPSA) is 119 Å². The number of methoxy groups -OCH3 is 1. The van der Waals surface area contributed by atoms with Crippen molar-refractivity contribution in [2.24, 2.45) is 0 Å². The van der Waals surface area contributed by atoms with E-state index in [4.69, 9.17) is 9.84 Å². The smallest absolute Gasteiger partial charge is 0.303 e. The highest BCUT2D eigenvalue weighted by Gasteiger charge is 2.12. The molecular weight excluding hydrogens is 326 g/mol. The number of carboxylic acid groups (broad SMARTS) is 1. The maximum absolute atomic E-state index is 12.3. The zero-order valence-corrected chi connectivity index (χ0v) is 14.0. The van der Waals surface area contributed by atoms with Crippen LogP contribution < -0.4 is 10.1 Å². The van der Waals surface area contributed by atoms with Crippen molar-refractivity contribution in [1.82, 2.24) is 25.5 Å². The Balaban J connectivity index is 1.85. The summed E-state index contributed by atoms with van der Waals surface area (Å²) in [7, 11) is 1.54. The molecule has 0 fully saturated rings. The molecule has 2 N–H and O–H groups in total. The molecule has 0 aliphatic carbocycles. The van der Waals surface area contributed by atoms with Gasteiger partial charge in [0, 0.05) is 18.5 Å². The average molecular weight is 347 g/mol. The van der Waals surface area contributed by atoms with Gasteiger partial charge in [-0.1, -0.05) is 12.8 Å². The van der Waals surface area contributed by atoms with E-state index in [9.17, 15) is 9.59 Å². The van der Waals surface area contributed by atoms with Gasteiger partial charge in [0.15, 0.2) is 0 Å². The lowest BCUT2D eigenvalue weighted by Gasteiger charge is -2.10. The second-order valence-electron chi connectivity index (χ2n) is 5.45. The highest BCUT2D eigenvalue weighted by molar-refractivity contribution is 5.95. The molecule has 0 spiro atoms. The minimum atomic E-state index is -0.772. The molecule has 0 atom stereocenters. The van der Waals surface area contributed by atoms with E-state index in [2.05, 4.69) is 20.8 Å². The summed E-state index contributed by atoms with van der Waals surface area (Å²) in [5.74, 6) is -0.406. The zero-order valence-electron chi connectivity index (χ0n) is 14.0. The van der Waals surface area contributed by atoms with E-state index >= 15 is 0 Å². The first-order valence-electron chi connectivity index (χ1n) is 8.03. The number of unbranched alkanes of at least 4 members (excludes halogenated alkanes) is 3. The van der Waals surface area contributed by atoms with Crippen molar-refractivity contribution in [3.05, 3.63) is 30.1 Å². The third-order valence-electron chi connectivity index (χ3n) is 3.64. The van der Waals surface area contributed by atoms with Crippen molar-refractivity contribution < 1.29 is 19.4 Å². The number of aromatic nitrogens is 4. The van der Waals surface area contributed by atoms with Crippen LogP contribution >= 0.6 is 0 Å². The predicted molar refractivity (Wildman–Crippen MR) is 88.8 cm³/mol. The molecule has 0 saturated heterocycles. The number of benzene rings is 1. The van der Waals surface area contributed by atoms with Crippen LogP contribution in [0.15, 0.2) is 24.5 Å². The van der Waals surface area contributed by atoms with Crippen LogP contribution in [0.25, 0.3) is 5.69 Å². The molecule has 0 radical (unpaired) electrons. The highest BCUT2D eigenvalue weighted by Crippen LogP contribution is 2.23. The van der Waals surface area contributed by atoms with Gasteiger partial charge in [0.05, 0.1) is 7.11 Å². The van der Waals surface area contributed by atoms with Gasteiger partial charge in [0.2, 0.25) is 0 Å². The predicted octanol–water partition coefficient (Wildman–Crippen LogP) is 1.44. The number of hydrogen-bond donors (Lipinski definition) is 2. The lowest BCUT2D eigenvalue weighted by molar-refractivity contribution is -0.137. The SMILES string of the molecule is COc1ccc(C(=O)NCCCCCCC(=O)O)cc1-n1cnnn1. The number of tetrazole rings is 1. The minimum Gasteiger partial charge on any atom is -0.494 e. The Labute approximate surface area is 145 Å². The normalized spacial score (nSPS) is 10.4. The van der Waals surface area contributed by atoms with Crippen LogP contribution in [-0.2, 0) is 4.79 Å². The molecule has 1 aromatic heterocycles. The summed E-state index contributed by atoms with van der Waals surface area (Å²) in [4.78, 5) is 22.7. The fraction of sp³-hybridized carbons (Fsp3) is 0.438. The molecule has 1 amide bonds. The van der Waals surface area contributed by atoms with Gasteiger partial charge in [-0.05, 0) is 41.5 Å². The van der Waals surface area contributed by atoms with Crippen molar-refractivity contribution >= 4 is 11.9 Å². The summed E-state index contributed by atoms with van der Waals surface area (Å²) in [6.07, 6.45) is 4.81. The molecule has 0 saturated carbocycles. The van der Waals surface area contributed by atoms with Gasteiger partial charge < -0.3 is 15.2 Å². The Morgan fingerprint density at radius 3 is 2.72 bits per heavy atom. The van der Waals surface area contributed by atoms with Gasteiger partial charge in [-0.15, -0.1) is 5.10 Å². The third-order valence-corrected chi connectivity index (χ3v) is 3.64. The molecule has 0 unspecified atom stereocenters. The van der Waals surface area contributed by atoms with E-state index < -0.39 is 5.97 Å². The fourth-order valence-electron chi connectivity index (χ4n) is 2.34. The summed E-state index contributed by atoms with van der Waals surface area (Å²) in [5, 5.41) is 22.4. The van der Waals surface area contributed by atoms with E-state index in [0.717, 1.165) is 19.3 Å². The zero-order chi connectivity index (χ0) is 18.1. The molecule has 2 rings (SSSR count). The summed E-state index contributed by atoms with van der Waals surface area (Å²) in [6.45, 7) is 0.540. The van der Waals surface area contributed by atoms with Crippen LogP contribution in [0.2, 0.25) is 0 Å². The molecular formula is C16H21N5O4. The van der Waals surface area contributed by atoms with Crippen molar-refractivity contribution in [2.75, 3.05) is 13.7 Å². The average Bonchev–Trinajstić information content (AvgIpc) is 3.14. The van der Waals surface area contributed by atoms with Crippen LogP contribution in [0, 0.1) is 0 Å². The maximum atomic E-state index is 12.3. The summed E-state index contributed by atoms with van der Waals surface area (Å²) < 4.78 is 6.70. The van der Waals surface area contributed by atoms with Crippen LogP contribution in [-0.4, -0.2) is 50.8 Å². The lowest BCUT2D eigenvalue weighted by atomic mass is 10.1. The molecule has 9 nitrogen and oxygen atoms in total. The van der Waals surface area contributed by atoms with Gasteiger partial charge in [0.1, 0.15) is 17.8 Å². The van der Waals surface area contributed by atoms with Gasteiger partial charge in [-0.3, -0.25) is 9.59 Å². The summed E-state index contributed by atoms with van der Waals surface area (Å²) in [6, 6.07) is 5.03. The molecule has 9 heteroatoms. The van der Waals surface area contributed by atoms with E-state index in [0.29, 0.717) is 30.0 Å². The van der Waals surface area contributed by atoms with Crippen molar-refractivity contribution in [3.8, 4) is 11.4 Å². The van der Waals surface area contributed by atoms with E-state index in [1.165, 1.54) is 18.1 Å². The first-order chi connectivity index (χ1) is 12.1. The second kappa shape index (κ2) is 9.36. The second-order valence-corrected chi connectivity index (χ2v) is 5.45. The Bertz CT molecular complexity index is 703. The Hall–Kier alpha value is -2.97. The van der Waals surface area contributed by atoms with Gasteiger partial charge >= 0.3 is 5.97 Å². The Kier molecular flexibility index (Phi) is 6.87. The van der Waals surface area contributed by atoms with Crippen LogP contribution in [0.5, 0.6) is 5.75 Å². The number of ether oxygens (including phenoxy) is 1. The molecule has 0 aliphatic rings. The minimum absolute atomic E-state index is 0.192. The number of amides is 1. The first-order valence-corrected chi connectivity index (χ1v) is 8.03. The number of carbonyl (C=O) groups excluding carboxylic acids is 1. The molecule has 25 heavy (non-hydrogen) atoms. The summed E-state index contributed by atoms with van der Waals surface area (Å²) in [5.41, 5.74) is 1.06. The lowest BCUT2D eigenvalue weighted by Crippen LogP contribution is -2.24. The number of hydrogen-bond acceptors (Lipinski definition) is 6. The van der Waals surface area contributed by atoms with Gasteiger partial charge in [-0.2, -0.15) is 4.68 Å². The van der Waals surface area contributed by atoms with Gasteiger partial charge in [-0.25, -0.2) is 0 Å². The maximum Gasteiger partial charge on any atom is 0.303 e. The number of carbonyl (C=O) groups is 2. The standard InChI is InChI=1S/C16H21N5O4/c1-25-14-8-7-12(10-13(14)21-11-18-19-20-21)16(24)17-9-5-3-2-4-6-15(22)23/h7-8,10-11H,2-6,9H2,1H3,(H,17,24)(H,22,23). The third kappa shape index (κ3) is 5.55. The van der Waals surface area contributed by atoms with E-state index in [1.807, 2.05) is 0 Å². The van der Waals surface area contributed by atoms with Crippen LogP contribution in [0.4, 0.5) is 0 Å². The molecule has 1 aromatic carbocycles. The summed E-state index contributed by atoms with van der Waals surface area (Å²) >= 11 is 0. The van der Waals surface area contributed by atoms with Crippen LogP contribution in [0.1, 0.15) is 42.5 Å². The monoisotopic (exact) mass is 347 g/mol. The largest absolute Gasteiger partial charge is 0.494 e. The Morgan fingerprint density at radius 2 is 2.04 bits per heavy atom. The quantitative estimate of drug-likeness (QED) is 0.624. The highest BCUT2D eigenvalue weighted by atomic mass is 16.5. The van der Waals surface area contributed by atoms with Crippen molar-refractivity contribution in [1.29, 1.82) is 0 Å². The van der Waals surface area contributed by atoms with E-state index in [-0.39, 0.29) is 12.3 Å². The molecule has 0 bridgehead atoms. The number of rotatable bonds is 10. The number of nitrogens with zero attached hydrogens (tertiary/aromatic N) is 4. The molecule has 0 aliphatic heterocycles. The van der Waals surface area contributed by atoms with E-state index in [1.54, 1.807) is 18.2 Å². The fourth-order valence-corrected chi connectivity index (χ4v) is 2.34. The van der Waals surface area contributed by atoms with Crippen molar-refractivity contribution in [3.63, 3.8) is 0 Å².